The second-order valence-corrected chi connectivity index (χ2v) is 9.74. The average molecular weight is 513 g/mol. The number of thiophene rings is 1. The fourth-order valence-electron chi connectivity index (χ4n) is 2.88. The van der Waals surface area contributed by atoms with Crippen molar-refractivity contribution in [2.45, 2.75) is 12.1 Å². The van der Waals surface area contributed by atoms with Crippen LogP contribution in [0.5, 0.6) is 0 Å². The van der Waals surface area contributed by atoms with E-state index in [-0.39, 0.29) is 17.2 Å². The van der Waals surface area contributed by atoms with Crippen molar-refractivity contribution in [1.29, 1.82) is 0 Å². The van der Waals surface area contributed by atoms with Crippen LogP contribution in [0.3, 0.4) is 0 Å². The van der Waals surface area contributed by atoms with Gasteiger partial charge in [0, 0.05) is 14.2 Å². The van der Waals surface area contributed by atoms with Crippen LogP contribution in [0.15, 0.2) is 80.2 Å². The lowest BCUT2D eigenvalue weighted by Crippen LogP contribution is -2.24. The SMILES string of the molecule is Cc1ccc(C=NNC(=O)CSc2nc3ccccc3c(=O)n2-c2ccc(Br)cc2)s1. The number of hydrogen-bond donors (Lipinski definition) is 1. The molecule has 0 spiro atoms. The number of hydrazone groups is 1. The molecule has 0 saturated heterocycles. The maximum absolute atomic E-state index is 13.2. The minimum atomic E-state index is -0.278. The Morgan fingerprint density at radius 3 is 2.71 bits per heavy atom. The lowest BCUT2D eigenvalue weighted by Gasteiger charge is -2.13. The Kier molecular flexibility index (Phi) is 6.64. The number of rotatable bonds is 6. The first-order chi connectivity index (χ1) is 15.0. The van der Waals surface area contributed by atoms with Gasteiger partial charge in [-0.05, 0) is 55.5 Å². The molecule has 1 N–H and O–H groups in total. The molecular formula is C22H17BrN4O2S2. The summed E-state index contributed by atoms with van der Waals surface area (Å²) in [5.74, 6) is -0.207. The highest BCUT2D eigenvalue weighted by Crippen LogP contribution is 2.22. The molecule has 1 amide bonds. The molecule has 4 aromatic rings. The summed E-state index contributed by atoms with van der Waals surface area (Å²) in [7, 11) is 0. The summed E-state index contributed by atoms with van der Waals surface area (Å²) in [4.78, 5) is 32.3. The molecule has 6 nitrogen and oxygen atoms in total. The molecule has 0 aliphatic carbocycles. The first-order valence-corrected chi connectivity index (χ1v) is 11.9. The molecule has 0 radical (unpaired) electrons. The highest BCUT2D eigenvalue weighted by Gasteiger charge is 2.14. The predicted octanol–water partition coefficient (Wildman–Crippen LogP) is 4.76. The largest absolute Gasteiger partial charge is 0.272 e. The van der Waals surface area contributed by atoms with Crippen molar-refractivity contribution in [3.63, 3.8) is 0 Å². The molecule has 4 rings (SSSR count). The molecule has 0 unspecified atom stereocenters. The lowest BCUT2D eigenvalue weighted by atomic mass is 10.2. The molecule has 2 heterocycles. The Balaban J connectivity index is 1.58. The van der Waals surface area contributed by atoms with E-state index in [4.69, 9.17) is 0 Å². The number of nitrogens with one attached hydrogen (secondary N) is 1. The Morgan fingerprint density at radius 1 is 1.19 bits per heavy atom. The van der Waals surface area contributed by atoms with Crippen molar-refractivity contribution in [2.75, 3.05) is 5.75 Å². The van der Waals surface area contributed by atoms with Gasteiger partial charge in [-0.25, -0.2) is 10.4 Å². The Bertz CT molecular complexity index is 1330. The number of aryl methyl sites for hydroxylation is 1. The van der Waals surface area contributed by atoms with Crippen LogP contribution < -0.4 is 11.0 Å². The monoisotopic (exact) mass is 512 g/mol. The number of aromatic nitrogens is 2. The summed E-state index contributed by atoms with van der Waals surface area (Å²) < 4.78 is 2.44. The topological polar surface area (TPSA) is 76.3 Å². The highest BCUT2D eigenvalue weighted by molar-refractivity contribution is 9.10. The number of nitrogens with zero attached hydrogens (tertiary/aromatic N) is 3. The number of carbonyl (C=O) groups excluding carboxylic acids is 1. The third-order valence-electron chi connectivity index (χ3n) is 4.30. The van der Waals surface area contributed by atoms with Gasteiger partial charge in [-0.1, -0.05) is 39.8 Å². The maximum Gasteiger partial charge on any atom is 0.266 e. The van der Waals surface area contributed by atoms with Gasteiger partial charge in [-0.3, -0.25) is 14.2 Å². The van der Waals surface area contributed by atoms with E-state index in [1.165, 1.54) is 21.2 Å². The number of amides is 1. The van der Waals surface area contributed by atoms with Crippen molar-refractivity contribution in [3.05, 3.63) is 85.2 Å². The van der Waals surface area contributed by atoms with E-state index in [9.17, 15) is 9.59 Å². The number of halogens is 1. The summed E-state index contributed by atoms with van der Waals surface area (Å²) >= 11 is 6.20. The van der Waals surface area contributed by atoms with Crippen LogP contribution in [0, 0.1) is 6.92 Å². The quantitative estimate of drug-likeness (QED) is 0.175. The zero-order valence-corrected chi connectivity index (χ0v) is 19.6. The molecule has 0 bridgehead atoms. The second-order valence-electron chi connectivity index (χ2n) is 6.56. The van der Waals surface area contributed by atoms with Crippen LogP contribution in [0.1, 0.15) is 9.75 Å². The maximum atomic E-state index is 13.2. The third-order valence-corrected chi connectivity index (χ3v) is 6.71. The zero-order chi connectivity index (χ0) is 21.8. The fraction of sp³-hybridized carbons (Fsp3) is 0.0909. The van der Waals surface area contributed by atoms with Gasteiger partial charge in [0.25, 0.3) is 11.5 Å². The van der Waals surface area contributed by atoms with Crippen LogP contribution in [-0.4, -0.2) is 27.4 Å². The molecule has 2 aromatic carbocycles. The van der Waals surface area contributed by atoms with Gasteiger partial charge in [-0.2, -0.15) is 5.10 Å². The summed E-state index contributed by atoms with van der Waals surface area (Å²) in [5.41, 5.74) is 3.62. The fourth-order valence-corrected chi connectivity index (χ4v) is 4.70. The number of carbonyl (C=O) groups is 1. The van der Waals surface area contributed by atoms with Crippen LogP contribution in [0.25, 0.3) is 16.6 Å². The van der Waals surface area contributed by atoms with E-state index in [2.05, 4.69) is 31.4 Å². The van der Waals surface area contributed by atoms with Crippen molar-refractivity contribution in [2.24, 2.45) is 5.10 Å². The normalized spacial score (nSPS) is 11.3. The molecule has 0 saturated carbocycles. The molecular weight excluding hydrogens is 496 g/mol. The molecule has 0 fully saturated rings. The van der Waals surface area contributed by atoms with E-state index < -0.39 is 0 Å². The van der Waals surface area contributed by atoms with Crippen molar-refractivity contribution in [3.8, 4) is 5.69 Å². The predicted molar refractivity (Wildman–Crippen MR) is 131 cm³/mol. The highest BCUT2D eigenvalue weighted by atomic mass is 79.9. The summed E-state index contributed by atoms with van der Waals surface area (Å²) in [6, 6.07) is 18.5. The molecule has 0 atom stereocenters. The Morgan fingerprint density at radius 2 is 1.97 bits per heavy atom. The first-order valence-electron chi connectivity index (χ1n) is 9.30. The summed E-state index contributed by atoms with van der Waals surface area (Å²) in [6.07, 6.45) is 1.62. The number of para-hydroxylation sites is 1. The zero-order valence-electron chi connectivity index (χ0n) is 16.4. The van der Waals surface area contributed by atoms with Crippen LogP contribution >= 0.6 is 39.0 Å². The molecule has 31 heavy (non-hydrogen) atoms. The van der Waals surface area contributed by atoms with E-state index in [0.717, 1.165) is 9.35 Å². The number of fused-ring (bicyclic) bond motifs is 1. The molecule has 156 valence electrons. The van der Waals surface area contributed by atoms with Gasteiger partial charge in [-0.15, -0.1) is 11.3 Å². The minimum Gasteiger partial charge on any atom is -0.272 e. The molecule has 9 heteroatoms. The number of thioether (sulfide) groups is 1. The smallest absolute Gasteiger partial charge is 0.266 e. The van der Waals surface area contributed by atoms with Crippen molar-refractivity contribution < 1.29 is 4.79 Å². The van der Waals surface area contributed by atoms with Gasteiger partial charge in [0.15, 0.2) is 5.16 Å². The summed E-state index contributed by atoms with van der Waals surface area (Å²) in [5, 5.41) is 4.97. The van der Waals surface area contributed by atoms with Gasteiger partial charge in [0.2, 0.25) is 0 Å². The molecule has 0 aliphatic rings. The van der Waals surface area contributed by atoms with Gasteiger partial charge >= 0.3 is 0 Å². The van der Waals surface area contributed by atoms with Crippen molar-refractivity contribution in [1.82, 2.24) is 15.0 Å². The third kappa shape index (κ3) is 5.12. The second kappa shape index (κ2) is 9.59. The first kappa shape index (κ1) is 21.5. The van der Waals surface area contributed by atoms with E-state index in [1.54, 1.807) is 29.7 Å². The van der Waals surface area contributed by atoms with Crippen LogP contribution in [0.2, 0.25) is 0 Å². The molecule has 2 aromatic heterocycles. The van der Waals surface area contributed by atoms with Crippen molar-refractivity contribution >= 4 is 62.1 Å². The minimum absolute atomic E-state index is 0.0715. The average Bonchev–Trinajstić information content (AvgIpc) is 3.18. The standard InChI is InChI=1S/C22H17BrN4O2S2/c1-14-6-11-17(31-14)12-24-26-20(28)13-30-22-25-19-5-3-2-4-18(19)21(29)27(22)16-9-7-15(23)8-10-16/h2-12H,13H2,1H3,(H,26,28). The van der Waals surface area contributed by atoms with E-state index in [1.807, 2.05) is 55.5 Å². The summed E-state index contributed by atoms with van der Waals surface area (Å²) in [6.45, 7) is 2.01. The van der Waals surface area contributed by atoms with E-state index in [0.29, 0.717) is 21.7 Å². The van der Waals surface area contributed by atoms with Gasteiger partial charge in [0.05, 0.1) is 28.6 Å². The number of hydrogen-bond acceptors (Lipinski definition) is 6. The van der Waals surface area contributed by atoms with Gasteiger partial charge < -0.3 is 0 Å². The Labute approximate surface area is 195 Å². The lowest BCUT2D eigenvalue weighted by molar-refractivity contribution is -0.118. The Hall–Kier alpha value is -2.75. The van der Waals surface area contributed by atoms with Crippen LogP contribution in [0.4, 0.5) is 0 Å². The van der Waals surface area contributed by atoms with Crippen LogP contribution in [-0.2, 0) is 4.79 Å². The van der Waals surface area contributed by atoms with E-state index >= 15 is 0 Å². The van der Waals surface area contributed by atoms with Gasteiger partial charge in [0.1, 0.15) is 0 Å². The number of benzene rings is 2. The molecule has 0 aliphatic heterocycles.